The summed E-state index contributed by atoms with van der Waals surface area (Å²) >= 11 is 1.36. The predicted octanol–water partition coefficient (Wildman–Crippen LogP) is 5.97. The van der Waals surface area contributed by atoms with Crippen LogP contribution in [0.1, 0.15) is 10.4 Å². The molecule has 3 aromatic carbocycles. The van der Waals surface area contributed by atoms with Crippen molar-refractivity contribution in [3.05, 3.63) is 77.7 Å². The Morgan fingerprint density at radius 2 is 1.83 bits per heavy atom. The van der Waals surface area contributed by atoms with E-state index in [9.17, 15) is 4.79 Å². The Bertz CT molecular complexity index is 1350. The molecule has 0 radical (unpaired) electrons. The van der Waals surface area contributed by atoms with E-state index in [-0.39, 0.29) is 5.91 Å². The van der Waals surface area contributed by atoms with E-state index >= 15 is 0 Å². The van der Waals surface area contributed by atoms with E-state index < -0.39 is 0 Å². The lowest BCUT2D eigenvalue weighted by molar-refractivity contribution is 0.102. The first-order valence-corrected chi connectivity index (χ1v) is 9.92. The number of ether oxygens (including phenoxy) is 1. The molecule has 2 heterocycles. The molecular formula is C23H16N2O3S. The highest BCUT2D eigenvalue weighted by molar-refractivity contribution is 7.14. The molecular weight excluding hydrogens is 384 g/mol. The van der Waals surface area contributed by atoms with Crippen LogP contribution in [-0.2, 0) is 0 Å². The van der Waals surface area contributed by atoms with Gasteiger partial charge in [0.15, 0.2) is 22.2 Å². The van der Waals surface area contributed by atoms with E-state index in [4.69, 9.17) is 9.15 Å². The fourth-order valence-corrected chi connectivity index (χ4v) is 4.05. The molecule has 5 nitrogen and oxygen atoms in total. The number of carbonyl (C=O) groups is 1. The van der Waals surface area contributed by atoms with Crippen LogP contribution in [-0.4, -0.2) is 18.0 Å². The summed E-state index contributed by atoms with van der Waals surface area (Å²) in [5, 5.41) is 8.16. The molecule has 5 aromatic rings. The number of aromatic nitrogens is 1. The van der Waals surface area contributed by atoms with Gasteiger partial charge in [-0.15, -0.1) is 11.3 Å². The second-order valence-electron chi connectivity index (χ2n) is 6.51. The Morgan fingerprint density at radius 3 is 2.72 bits per heavy atom. The van der Waals surface area contributed by atoms with Gasteiger partial charge >= 0.3 is 0 Å². The number of furan rings is 1. The number of hydrogen-bond donors (Lipinski definition) is 1. The van der Waals surface area contributed by atoms with E-state index in [2.05, 4.69) is 10.3 Å². The Kier molecular flexibility index (Phi) is 4.26. The van der Waals surface area contributed by atoms with Gasteiger partial charge in [0.25, 0.3) is 5.91 Å². The predicted molar refractivity (Wildman–Crippen MR) is 116 cm³/mol. The Morgan fingerprint density at radius 1 is 1.03 bits per heavy atom. The highest BCUT2D eigenvalue weighted by atomic mass is 32.1. The number of hydrogen-bond acceptors (Lipinski definition) is 5. The maximum absolute atomic E-state index is 12.8. The molecule has 0 aliphatic rings. The number of anilines is 1. The lowest BCUT2D eigenvalue weighted by Gasteiger charge is -2.05. The molecule has 0 bridgehead atoms. The van der Waals surface area contributed by atoms with Crippen molar-refractivity contribution in [2.45, 2.75) is 0 Å². The maximum atomic E-state index is 12.8. The average Bonchev–Trinajstić information content (AvgIpc) is 3.39. The molecule has 0 aliphatic heterocycles. The van der Waals surface area contributed by atoms with Crippen LogP contribution in [0.2, 0.25) is 0 Å². The number of nitrogens with zero attached hydrogens (tertiary/aromatic N) is 1. The smallest absolute Gasteiger partial charge is 0.258 e. The largest absolute Gasteiger partial charge is 0.493 e. The summed E-state index contributed by atoms with van der Waals surface area (Å²) in [5.74, 6) is 1.12. The number of para-hydroxylation sites is 1. The fourth-order valence-electron chi connectivity index (χ4n) is 3.36. The van der Waals surface area contributed by atoms with Gasteiger partial charge in [-0.25, -0.2) is 4.98 Å². The quantitative estimate of drug-likeness (QED) is 0.404. The van der Waals surface area contributed by atoms with E-state index in [1.165, 1.54) is 11.3 Å². The molecule has 142 valence electrons. The Labute approximate surface area is 170 Å². The van der Waals surface area contributed by atoms with Crippen LogP contribution in [0.5, 0.6) is 5.75 Å². The first-order chi connectivity index (χ1) is 14.2. The first kappa shape index (κ1) is 17.5. The molecule has 0 spiro atoms. The maximum Gasteiger partial charge on any atom is 0.258 e. The van der Waals surface area contributed by atoms with Crippen LogP contribution < -0.4 is 10.1 Å². The van der Waals surface area contributed by atoms with Crippen LogP contribution in [0.4, 0.5) is 5.13 Å². The van der Waals surface area contributed by atoms with Crippen LogP contribution in [0, 0.1) is 0 Å². The van der Waals surface area contributed by atoms with Crippen LogP contribution >= 0.6 is 11.3 Å². The SMILES string of the molecule is COc1cccc2cc(-c3csc(NC(=O)c4cccc5ccccc45)n3)oc12. The molecule has 0 fully saturated rings. The molecule has 0 saturated carbocycles. The van der Waals surface area contributed by atoms with E-state index in [1.54, 1.807) is 7.11 Å². The van der Waals surface area contributed by atoms with Crippen molar-refractivity contribution in [2.24, 2.45) is 0 Å². The number of amides is 1. The monoisotopic (exact) mass is 400 g/mol. The number of nitrogens with one attached hydrogen (secondary N) is 1. The van der Waals surface area contributed by atoms with Gasteiger partial charge in [-0.1, -0.05) is 48.5 Å². The second kappa shape index (κ2) is 7.07. The van der Waals surface area contributed by atoms with Crippen molar-refractivity contribution in [1.82, 2.24) is 4.98 Å². The van der Waals surface area contributed by atoms with Crippen LogP contribution in [0.3, 0.4) is 0 Å². The third-order valence-corrected chi connectivity index (χ3v) is 5.50. The van der Waals surface area contributed by atoms with Gasteiger partial charge in [0.2, 0.25) is 0 Å². The zero-order valence-corrected chi connectivity index (χ0v) is 16.3. The number of fused-ring (bicyclic) bond motifs is 2. The summed E-state index contributed by atoms with van der Waals surface area (Å²) in [6, 6.07) is 21.2. The van der Waals surface area contributed by atoms with Crippen LogP contribution in [0.15, 0.2) is 76.5 Å². The van der Waals surface area contributed by atoms with Crippen molar-refractivity contribution < 1.29 is 13.9 Å². The number of benzene rings is 3. The normalized spacial score (nSPS) is 11.1. The summed E-state index contributed by atoms with van der Waals surface area (Å²) < 4.78 is 11.3. The summed E-state index contributed by atoms with van der Waals surface area (Å²) in [7, 11) is 1.61. The van der Waals surface area contributed by atoms with E-state index in [0.29, 0.717) is 33.5 Å². The first-order valence-electron chi connectivity index (χ1n) is 9.04. The molecule has 1 amide bonds. The van der Waals surface area contributed by atoms with Gasteiger partial charge in [-0.05, 0) is 29.0 Å². The fraction of sp³-hybridized carbons (Fsp3) is 0.0435. The van der Waals surface area contributed by atoms with Crippen molar-refractivity contribution >= 4 is 44.1 Å². The topological polar surface area (TPSA) is 64.4 Å². The average molecular weight is 400 g/mol. The molecule has 6 heteroatoms. The van der Waals surface area contributed by atoms with Gasteiger partial charge in [0.1, 0.15) is 5.69 Å². The van der Waals surface area contributed by atoms with Crippen molar-refractivity contribution in [2.75, 3.05) is 12.4 Å². The summed E-state index contributed by atoms with van der Waals surface area (Å²) in [4.78, 5) is 17.3. The Balaban J connectivity index is 1.44. The highest BCUT2D eigenvalue weighted by Gasteiger charge is 2.15. The van der Waals surface area contributed by atoms with Crippen molar-refractivity contribution in [3.63, 3.8) is 0 Å². The lowest BCUT2D eigenvalue weighted by Crippen LogP contribution is -2.12. The van der Waals surface area contributed by atoms with Crippen molar-refractivity contribution in [1.29, 1.82) is 0 Å². The molecule has 0 atom stereocenters. The zero-order chi connectivity index (χ0) is 19.8. The minimum Gasteiger partial charge on any atom is -0.493 e. The van der Waals surface area contributed by atoms with Gasteiger partial charge in [0.05, 0.1) is 7.11 Å². The molecule has 5 rings (SSSR count). The summed E-state index contributed by atoms with van der Waals surface area (Å²) in [6.45, 7) is 0. The minimum absolute atomic E-state index is 0.186. The molecule has 2 aromatic heterocycles. The molecule has 0 aliphatic carbocycles. The Hall–Kier alpha value is -3.64. The van der Waals surface area contributed by atoms with Gasteiger partial charge in [-0.2, -0.15) is 0 Å². The van der Waals surface area contributed by atoms with Crippen molar-refractivity contribution in [3.8, 4) is 17.2 Å². The third kappa shape index (κ3) is 3.13. The number of rotatable bonds is 4. The molecule has 0 unspecified atom stereocenters. The van der Waals surface area contributed by atoms with Gasteiger partial charge in [-0.3, -0.25) is 10.1 Å². The highest BCUT2D eigenvalue weighted by Crippen LogP contribution is 2.34. The van der Waals surface area contributed by atoms with E-state index in [1.807, 2.05) is 72.1 Å². The van der Waals surface area contributed by atoms with Gasteiger partial charge < -0.3 is 9.15 Å². The third-order valence-electron chi connectivity index (χ3n) is 4.74. The summed E-state index contributed by atoms with van der Waals surface area (Å²) in [6.07, 6.45) is 0. The van der Waals surface area contributed by atoms with Gasteiger partial charge in [0, 0.05) is 16.3 Å². The number of thiazole rings is 1. The van der Waals surface area contributed by atoms with Crippen LogP contribution in [0.25, 0.3) is 33.2 Å². The lowest BCUT2D eigenvalue weighted by atomic mass is 10.0. The molecule has 1 N–H and O–H groups in total. The zero-order valence-electron chi connectivity index (χ0n) is 15.5. The number of methoxy groups -OCH3 is 1. The summed E-state index contributed by atoms with van der Waals surface area (Å²) in [5.41, 5.74) is 1.97. The van der Waals surface area contributed by atoms with E-state index in [0.717, 1.165) is 16.2 Å². The standard InChI is InChI=1S/C23H16N2O3S/c1-27-19-11-5-8-15-12-20(28-21(15)19)18-13-29-23(24-18)25-22(26)17-10-4-7-14-6-2-3-9-16(14)17/h2-13H,1H3,(H,24,25,26). The minimum atomic E-state index is -0.186. The molecule has 0 saturated heterocycles. The number of carbonyl (C=O) groups excluding carboxylic acids is 1. The second-order valence-corrected chi connectivity index (χ2v) is 7.37. The molecule has 29 heavy (non-hydrogen) atoms.